The average molecular weight is 401 g/mol. The molecule has 148 valence electrons. The maximum Gasteiger partial charge on any atom is 0.341 e. The van der Waals surface area contributed by atoms with Crippen LogP contribution in [0.2, 0.25) is 0 Å². The Hall–Kier alpha value is -2.45. The lowest BCUT2D eigenvalue weighted by atomic mass is 10.1. The van der Waals surface area contributed by atoms with Crippen LogP contribution >= 0.6 is 11.3 Å². The molecule has 0 saturated carbocycles. The van der Waals surface area contributed by atoms with Crippen LogP contribution in [0.15, 0.2) is 24.4 Å². The van der Waals surface area contributed by atoms with Crippen LogP contribution in [0.5, 0.6) is 0 Å². The molecule has 0 radical (unpaired) electrons. The Balaban J connectivity index is 1.35. The summed E-state index contributed by atoms with van der Waals surface area (Å²) in [5, 5.41) is 3.59. The third-order valence-electron chi connectivity index (χ3n) is 5.28. The number of rotatable bonds is 5. The van der Waals surface area contributed by atoms with Gasteiger partial charge in [0.1, 0.15) is 10.8 Å². The molecule has 2 aromatic heterocycles. The average Bonchev–Trinajstić information content (AvgIpc) is 3.29. The molecule has 1 amide bonds. The van der Waals surface area contributed by atoms with Crippen LogP contribution in [0.25, 0.3) is 0 Å². The van der Waals surface area contributed by atoms with Gasteiger partial charge in [0.15, 0.2) is 0 Å². The van der Waals surface area contributed by atoms with Crippen LogP contribution in [0, 0.1) is 0 Å². The van der Waals surface area contributed by atoms with E-state index in [1.54, 1.807) is 6.20 Å². The summed E-state index contributed by atoms with van der Waals surface area (Å²) in [6.07, 6.45) is 4.70. The molecule has 3 heterocycles. The number of anilines is 2. The standard InChI is InChI=1S/C20H24N4O3S/c1-27-20(26)18-14-5-4-6-15(14)28-19(18)22-17(25)13-23-9-11-24(12-10-23)16-7-2-3-8-21-16/h2-3,7-8H,4-6,9-13H2,1H3,(H,22,25). The lowest BCUT2D eigenvalue weighted by Gasteiger charge is -2.34. The topological polar surface area (TPSA) is 74.8 Å². The van der Waals surface area contributed by atoms with Crippen molar-refractivity contribution in [3.8, 4) is 0 Å². The zero-order valence-electron chi connectivity index (χ0n) is 15.9. The highest BCUT2D eigenvalue weighted by Crippen LogP contribution is 2.39. The lowest BCUT2D eigenvalue weighted by molar-refractivity contribution is -0.117. The molecule has 1 saturated heterocycles. The van der Waals surface area contributed by atoms with Crippen LogP contribution in [0.1, 0.15) is 27.2 Å². The highest BCUT2D eigenvalue weighted by Gasteiger charge is 2.28. The number of carbonyl (C=O) groups is 2. The minimum atomic E-state index is -0.362. The summed E-state index contributed by atoms with van der Waals surface area (Å²) in [5.41, 5.74) is 1.60. The van der Waals surface area contributed by atoms with Gasteiger partial charge in [-0.2, -0.15) is 0 Å². The number of pyridine rings is 1. The van der Waals surface area contributed by atoms with Crippen molar-refractivity contribution in [2.24, 2.45) is 0 Å². The second kappa shape index (κ2) is 8.28. The third kappa shape index (κ3) is 3.88. The molecule has 0 unspecified atom stereocenters. The van der Waals surface area contributed by atoms with E-state index in [0.717, 1.165) is 56.8 Å². The first-order valence-corrected chi connectivity index (χ1v) is 10.4. The Bertz CT molecular complexity index is 860. The Morgan fingerprint density at radius 3 is 2.75 bits per heavy atom. The SMILES string of the molecule is COC(=O)c1c(NC(=O)CN2CCN(c3ccccn3)CC2)sc2c1CCC2. The highest BCUT2D eigenvalue weighted by atomic mass is 32.1. The Morgan fingerprint density at radius 2 is 2.04 bits per heavy atom. The second-order valence-electron chi connectivity index (χ2n) is 7.05. The van der Waals surface area contributed by atoms with Crippen LogP contribution in [-0.4, -0.2) is 61.6 Å². The van der Waals surface area contributed by atoms with Gasteiger partial charge >= 0.3 is 5.97 Å². The van der Waals surface area contributed by atoms with Crippen LogP contribution in [0.3, 0.4) is 0 Å². The monoisotopic (exact) mass is 400 g/mol. The van der Waals surface area contributed by atoms with Gasteiger partial charge in [-0.25, -0.2) is 9.78 Å². The van der Waals surface area contributed by atoms with Crippen molar-refractivity contribution in [3.63, 3.8) is 0 Å². The molecule has 2 aromatic rings. The van der Waals surface area contributed by atoms with E-state index in [4.69, 9.17) is 4.74 Å². The lowest BCUT2D eigenvalue weighted by Crippen LogP contribution is -2.48. The Labute approximate surface area is 168 Å². The molecule has 2 aliphatic rings. The maximum atomic E-state index is 12.6. The van der Waals surface area contributed by atoms with Gasteiger partial charge < -0.3 is 15.0 Å². The number of aromatic nitrogens is 1. The molecule has 0 atom stereocenters. The molecule has 0 aromatic carbocycles. The third-order valence-corrected chi connectivity index (χ3v) is 6.48. The van der Waals surface area contributed by atoms with E-state index in [9.17, 15) is 9.59 Å². The molecule has 4 rings (SSSR count). The fraction of sp³-hybridized carbons (Fsp3) is 0.450. The van der Waals surface area contributed by atoms with Gasteiger partial charge in [-0.3, -0.25) is 9.69 Å². The number of esters is 1. The summed E-state index contributed by atoms with van der Waals surface area (Å²) in [7, 11) is 1.38. The van der Waals surface area contributed by atoms with Gasteiger partial charge in [-0.05, 0) is 37.0 Å². The van der Waals surface area contributed by atoms with E-state index in [0.29, 0.717) is 17.1 Å². The molecule has 0 bridgehead atoms. The molecule has 8 heteroatoms. The summed E-state index contributed by atoms with van der Waals surface area (Å²) in [6.45, 7) is 3.60. The van der Waals surface area contributed by atoms with Crippen molar-refractivity contribution < 1.29 is 14.3 Å². The van der Waals surface area contributed by atoms with Gasteiger partial charge in [-0.15, -0.1) is 11.3 Å². The number of methoxy groups -OCH3 is 1. The number of amides is 1. The summed E-state index contributed by atoms with van der Waals surface area (Å²) in [5.74, 6) is 0.525. The fourth-order valence-electron chi connectivity index (χ4n) is 3.86. The number of fused-ring (bicyclic) bond motifs is 1. The first kappa shape index (κ1) is 18.9. The van der Waals surface area contributed by atoms with Crippen molar-refractivity contribution in [2.75, 3.05) is 50.1 Å². The predicted octanol–water partition coefficient (Wildman–Crippen LogP) is 2.18. The molecule has 1 aliphatic heterocycles. The first-order valence-electron chi connectivity index (χ1n) is 9.56. The quantitative estimate of drug-likeness (QED) is 0.776. The number of hydrogen-bond acceptors (Lipinski definition) is 7. The predicted molar refractivity (Wildman–Crippen MR) is 109 cm³/mol. The van der Waals surface area contributed by atoms with Crippen LogP contribution < -0.4 is 10.2 Å². The number of piperazine rings is 1. The smallest absolute Gasteiger partial charge is 0.341 e. The molecule has 1 fully saturated rings. The van der Waals surface area contributed by atoms with Crippen LogP contribution in [-0.2, 0) is 22.4 Å². The van der Waals surface area contributed by atoms with E-state index in [2.05, 4.69) is 20.1 Å². The fourth-order valence-corrected chi connectivity index (χ4v) is 5.15. The number of thiophene rings is 1. The second-order valence-corrected chi connectivity index (χ2v) is 8.16. The number of nitrogens with one attached hydrogen (secondary N) is 1. The van der Waals surface area contributed by atoms with Gasteiger partial charge in [0.25, 0.3) is 0 Å². The summed E-state index contributed by atoms with van der Waals surface area (Å²) in [6, 6.07) is 5.90. The zero-order chi connectivity index (χ0) is 19.5. The summed E-state index contributed by atoms with van der Waals surface area (Å²) >= 11 is 1.51. The molecule has 7 nitrogen and oxygen atoms in total. The maximum absolute atomic E-state index is 12.6. The number of carbonyl (C=O) groups excluding carboxylic acids is 2. The van der Waals surface area contributed by atoms with E-state index in [-0.39, 0.29) is 11.9 Å². The highest BCUT2D eigenvalue weighted by molar-refractivity contribution is 7.17. The number of nitrogens with zero attached hydrogens (tertiary/aromatic N) is 3. The Kier molecular flexibility index (Phi) is 5.59. The minimum absolute atomic E-state index is 0.0867. The van der Waals surface area contributed by atoms with E-state index < -0.39 is 0 Å². The van der Waals surface area contributed by atoms with E-state index >= 15 is 0 Å². The number of hydrogen-bond donors (Lipinski definition) is 1. The van der Waals surface area contributed by atoms with Gasteiger partial charge in [0, 0.05) is 37.3 Å². The van der Waals surface area contributed by atoms with Gasteiger partial charge in [0.2, 0.25) is 5.91 Å². The van der Waals surface area contributed by atoms with E-state index in [1.165, 1.54) is 23.3 Å². The van der Waals surface area contributed by atoms with Gasteiger partial charge in [0.05, 0.1) is 19.2 Å². The molecule has 1 N–H and O–H groups in total. The number of aryl methyl sites for hydroxylation is 1. The molecule has 1 aliphatic carbocycles. The van der Waals surface area contributed by atoms with Crippen molar-refractivity contribution in [1.29, 1.82) is 0 Å². The summed E-state index contributed by atoms with van der Waals surface area (Å²) < 4.78 is 4.94. The Morgan fingerprint density at radius 1 is 1.21 bits per heavy atom. The number of ether oxygens (including phenoxy) is 1. The van der Waals surface area contributed by atoms with Crippen molar-refractivity contribution in [1.82, 2.24) is 9.88 Å². The summed E-state index contributed by atoms with van der Waals surface area (Å²) in [4.78, 5) is 34.8. The van der Waals surface area contributed by atoms with Gasteiger partial charge in [-0.1, -0.05) is 6.07 Å². The zero-order valence-corrected chi connectivity index (χ0v) is 16.8. The molecule has 28 heavy (non-hydrogen) atoms. The normalized spacial score (nSPS) is 16.7. The molecular weight excluding hydrogens is 376 g/mol. The van der Waals surface area contributed by atoms with Crippen LogP contribution in [0.4, 0.5) is 10.8 Å². The van der Waals surface area contributed by atoms with Crippen molar-refractivity contribution >= 4 is 34.0 Å². The van der Waals surface area contributed by atoms with Crippen molar-refractivity contribution in [2.45, 2.75) is 19.3 Å². The molecule has 0 spiro atoms. The van der Waals surface area contributed by atoms with Crippen molar-refractivity contribution in [3.05, 3.63) is 40.4 Å². The van der Waals surface area contributed by atoms with E-state index in [1.807, 2.05) is 18.2 Å². The molecular formula is C20H24N4O3S. The largest absolute Gasteiger partial charge is 0.465 e. The first-order chi connectivity index (χ1) is 13.7. The minimum Gasteiger partial charge on any atom is -0.465 e.